The Morgan fingerprint density at radius 1 is 1.42 bits per heavy atom. The van der Waals surface area contributed by atoms with E-state index in [1.54, 1.807) is 0 Å². The van der Waals surface area contributed by atoms with Gasteiger partial charge in [-0.05, 0) is 55.2 Å². The van der Waals surface area contributed by atoms with Gasteiger partial charge in [0.25, 0.3) is 5.91 Å². The Morgan fingerprint density at radius 2 is 2.33 bits per heavy atom. The van der Waals surface area contributed by atoms with Crippen molar-refractivity contribution in [1.82, 2.24) is 20.4 Å². The van der Waals surface area contributed by atoms with E-state index in [1.807, 2.05) is 35.4 Å². The standard InChI is InChI=1S/C18H26N4OS/c1-22-13-14(12-21-22)11-15-5-2-6-16(15)19-8-4-9-20-18(23)17-7-3-10-24-17/h3,7,10,12-13,15-16,19H,2,4-6,8-9,11H2,1H3,(H,20,23). The lowest BCUT2D eigenvalue weighted by molar-refractivity contribution is 0.0957. The van der Waals surface area contributed by atoms with Crippen LogP contribution in [0.15, 0.2) is 29.9 Å². The third-order valence-corrected chi connectivity index (χ3v) is 5.57. The third-order valence-electron chi connectivity index (χ3n) is 4.71. The number of hydrogen-bond acceptors (Lipinski definition) is 4. The molecule has 2 aromatic heterocycles. The molecule has 24 heavy (non-hydrogen) atoms. The van der Waals surface area contributed by atoms with E-state index in [4.69, 9.17) is 0 Å². The van der Waals surface area contributed by atoms with E-state index >= 15 is 0 Å². The number of aryl methyl sites for hydroxylation is 1. The molecule has 1 amide bonds. The Morgan fingerprint density at radius 3 is 3.08 bits per heavy atom. The number of carbonyl (C=O) groups is 1. The molecule has 1 aliphatic carbocycles. The first-order chi connectivity index (χ1) is 11.7. The maximum atomic E-state index is 11.9. The van der Waals surface area contributed by atoms with E-state index in [2.05, 4.69) is 21.9 Å². The van der Waals surface area contributed by atoms with Gasteiger partial charge in [0.15, 0.2) is 0 Å². The van der Waals surface area contributed by atoms with Gasteiger partial charge in [0, 0.05) is 25.8 Å². The molecule has 0 spiro atoms. The average molecular weight is 346 g/mol. The quantitative estimate of drug-likeness (QED) is 0.723. The Balaban J connectivity index is 1.34. The molecule has 0 saturated heterocycles. The molecule has 0 bridgehead atoms. The van der Waals surface area contributed by atoms with E-state index in [-0.39, 0.29) is 5.91 Å². The molecule has 5 nitrogen and oxygen atoms in total. The van der Waals surface area contributed by atoms with Gasteiger partial charge in [-0.25, -0.2) is 0 Å². The van der Waals surface area contributed by atoms with Crippen LogP contribution in [0, 0.1) is 5.92 Å². The van der Waals surface area contributed by atoms with Crippen LogP contribution in [-0.2, 0) is 13.5 Å². The van der Waals surface area contributed by atoms with E-state index in [9.17, 15) is 4.79 Å². The molecule has 1 fully saturated rings. The molecule has 6 heteroatoms. The van der Waals surface area contributed by atoms with Gasteiger partial charge in [-0.2, -0.15) is 5.10 Å². The van der Waals surface area contributed by atoms with Gasteiger partial charge in [-0.3, -0.25) is 9.48 Å². The van der Waals surface area contributed by atoms with Crippen LogP contribution in [0.2, 0.25) is 0 Å². The second kappa shape index (κ2) is 8.44. The Labute approximate surface area is 147 Å². The van der Waals surface area contributed by atoms with Gasteiger partial charge >= 0.3 is 0 Å². The van der Waals surface area contributed by atoms with Crippen molar-refractivity contribution in [3.05, 3.63) is 40.3 Å². The van der Waals surface area contributed by atoms with Crippen molar-refractivity contribution >= 4 is 17.2 Å². The van der Waals surface area contributed by atoms with Crippen LogP contribution >= 0.6 is 11.3 Å². The lowest BCUT2D eigenvalue weighted by Gasteiger charge is -2.20. The zero-order chi connectivity index (χ0) is 16.8. The van der Waals surface area contributed by atoms with Crippen molar-refractivity contribution in [2.45, 2.75) is 38.1 Å². The molecule has 2 unspecified atom stereocenters. The van der Waals surface area contributed by atoms with E-state index in [0.29, 0.717) is 12.0 Å². The van der Waals surface area contributed by atoms with Gasteiger partial charge in [0.05, 0.1) is 11.1 Å². The molecule has 2 N–H and O–H groups in total. The molecule has 0 aliphatic heterocycles. The molecule has 1 aliphatic rings. The first kappa shape index (κ1) is 17.2. The van der Waals surface area contributed by atoms with Crippen LogP contribution < -0.4 is 10.6 Å². The van der Waals surface area contributed by atoms with Crippen LogP contribution in [0.5, 0.6) is 0 Å². The maximum Gasteiger partial charge on any atom is 0.261 e. The highest BCUT2D eigenvalue weighted by Crippen LogP contribution is 2.28. The lowest BCUT2D eigenvalue weighted by atomic mass is 9.96. The van der Waals surface area contributed by atoms with Gasteiger partial charge in [0.2, 0.25) is 0 Å². The number of hydrogen-bond donors (Lipinski definition) is 2. The first-order valence-electron chi connectivity index (χ1n) is 8.75. The summed E-state index contributed by atoms with van der Waals surface area (Å²) >= 11 is 1.48. The van der Waals surface area contributed by atoms with Crippen LogP contribution in [0.1, 0.15) is 40.9 Å². The van der Waals surface area contributed by atoms with Gasteiger partial charge in [-0.15, -0.1) is 11.3 Å². The summed E-state index contributed by atoms with van der Waals surface area (Å²) in [5, 5.41) is 12.9. The number of carbonyl (C=O) groups excluding carboxylic acids is 1. The van der Waals surface area contributed by atoms with Crippen LogP contribution in [0.3, 0.4) is 0 Å². The van der Waals surface area contributed by atoms with Crippen molar-refractivity contribution < 1.29 is 4.79 Å². The summed E-state index contributed by atoms with van der Waals surface area (Å²) in [5.74, 6) is 0.746. The monoisotopic (exact) mass is 346 g/mol. The van der Waals surface area contributed by atoms with E-state index in [0.717, 1.165) is 30.8 Å². The first-order valence-corrected chi connectivity index (χ1v) is 9.63. The molecular formula is C18H26N4OS. The summed E-state index contributed by atoms with van der Waals surface area (Å²) in [6.07, 6.45) is 10.0. The fraction of sp³-hybridized carbons (Fsp3) is 0.556. The summed E-state index contributed by atoms with van der Waals surface area (Å²) in [5.41, 5.74) is 1.33. The number of aromatic nitrogens is 2. The van der Waals surface area contributed by atoms with Crippen molar-refractivity contribution in [3.63, 3.8) is 0 Å². The predicted molar refractivity (Wildman–Crippen MR) is 97.3 cm³/mol. The maximum absolute atomic E-state index is 11.9. The third kappa shape index (κ3) is 4.68. The molecule has 2 atom stereocenters. The van der Waals surface area contributed by atoms with Crippen molar-refractivity contribution in [2.75, 3.05) is 13.1 Å². The van der Waals surface area contributed by atoms with Crippen LogP contribution in [-0.4, -0.2) is 34.8 Å². The topological polar surface area (TPSA) is 59.0 Å². The smallest absolute Gasteiger partial charge is 0.261 e. The van der Waals surface area contributed by atoms with Crippen molar-refractivity contribution in [2.24, 2.45) is 13.0 Å². The summed E-state index contributed by atoms with van der Waals surface area (Å²) < 4.78 is 1.88. The number of nitrogens with zero attached hydrogens (tertiary/aromatic N) is 2. The second-order valence-electron chi connectivity index (χ2n) is 6.56. The zero-order valence-electron chi connectivity index (χ0n) is 14.2. The fourth-order valence-corrected chi connectivity index (χ4v) is 4.14. The van der Waals surface area contributed by atoms with E-state index < -0.39 is 0 Å². The SMILES string of the molecule is Cn1cc(CC2CCCC2NCCCNC(=O)c2cccs2)cn1. The Bertz CT molecular complexity index is 637. The Kier molecular flexibility index (Phi) is 6.04. The van der Waals surface area contributed by atoms with Crippen molar-refractivity contribution in [1.29, 1.82) is 0 Å². The average Bonchev–Trinajstić information content (AvgIpc) is 3.30. The normalized spacial score (nSPS) is 20.4. The molecule has 2 heterocycles. The lowest BCUT2D eigenvalue weighted by Crippen LogP contribution is -2.35. The van der Waals surface area contributed by atoms with Crippen molar-refractivity contribution in [3.8, 4) is 0 Å². The molecular weight excluding hydrogens is 320 g/mol. The van der Waals surface area contributed by atoms with Crippen LogP contribution in [0.4, 0.5) is 0 Å². The largest absolute Gasteiger partial charge is 0.351 e. The molecule has 0 aromatic carbocycles. The summed E-state index contributed by atoms with van der Waals surface area (Å²) in [6.45, 7) is 1.68. The van der Waals surface area contributed by atoms with Gasteiger partial charge in [0.1, 0.15) is 0 Å². The molecule has 0 radical (unpaired) electrons. The number of amides is 1. The molecule has 3 rings (SSSR count). The summed E-state index contributed by atoms with van der Waals surface area (Å²) in [4.78, 5) is 12.6. The zero-order valence-corrected chi connectivity index (χ0v) is 15.0. The Hall–Kier alpha value is -1.66. The van der Waals surface area contributed by atoms with Gasteiger partial charge in [-0.1, -0.05) is 12.5 Å². The summed E-state index contributed by atoms with van der Waals surface area (Å²) in [7, 11) is 1.97. The second-order valence-corrected chi connectivity index (χ2v) is 7.51. The molecule has 1 saturated carbocycles. The highest BCUT2D eigenvalue weighted by molar-refractivity contribution is 7.12. The predicted octanol–water partition coefficient (Wildman–Crippen LogP) is 2.60. The highest BCUT2D eigenvalue weighted by Gasteiger charge is 2.26. The minimum atomic E-state index is 0.0420. The minimum absolute atomic E-state index is 0.0420. The highest BCUT2D eigenvalue weighted by atomic mass is 32.1. The number of thiophene rings is 1. The van der Waals surface area contributed by atoms with Gasteiger partial charge < -0.3 is 10.6 Å². The van der Waals surface area contributed by atoms with Crippen LogP contribution in [0.25, 0.3) is 0 Å². The molecule has 2 aromatic rings. The fourth-order valence-electron chi connectivity index (χ4n) is 3.50. The van der Waals surface area contributed by atoms with E-state index in [1.165, 1.54) is 36.2 Å². The number of nitrogens with one attached hydrogen (secondary N) is 2. The minimum Gasteiger partial charge on any atom is -0.351 e. The molecule has 130 valence electrons. The number of rotatable bonds is 8. The summed E-state index contributed by atoms with van der Waals surface area (Å²) in [6, 6.07) is 4.36.